The zero-order valence-electron chi connectivity index (χ0n) is 16.0. The van der Waals surface area contributed by atoms with Crippen LogP contribution in [0.15, 0.2) is 23.2 Å². The second-order valence-corrected chi connectivity index (χ2v) is 5.83. The molecule has 0 aromatic heterocycles. The first kappa shape index (κ1) is 24.8. The maximum atomic E-state index is 12.0. The van der Waals surface area contributed by atoms with Gasteiger partial charge in [0.1, 0.15) is 5.75 Å². The molecular formula is C18H30ClIN4O2. The standard InChI is InChI=1S/C18H29ClN4O2.HI/c1-5-20-18(21-11-10-17(24)23(6-2)7-3)22-13-14-8-9-15(19)12-16(14)25-4;/h8-9,12H,5-7,10-11,13H2,1-4H3,(H2,20,21,22);1H. The first-order chi connectivity index (χ1) is 12.0. The minimum atomic E-state index is 0. The molecule has 0 saturated heterocycles. The number of benzene rings is 1. The molecule has 0 aliphatic carbocycles. The molecule has 0 unspecified atom stereocenters. The second kappa shape index (κ2) is 13.9. The number of halogens is 2. The van der Waals surface area contributed by atoms with E-state index in [9.17, 15) is 4.79 Å². The lowest BCUT2D eigenvalue weighted by Crippen LogP contribution is -2.40. The second-order valence-electron chi connectivity index (χ2n) is 5.39. The average Bonchev–Trinajstić information content (AvgIpc) is 2.61. The lowest BCUT2D eigenvalue weighted by Gasteiger charge is -2.19. The Balaban J connectivity index is 0.00000625. The number of carbonyl (C=O) groups is 1. The molecule has 0 bridgehead atoms. The van der Waals surface area contributed by atoms with Gasteiger partial charge < -0.3 is 20.3 Å². The molecule has 0 saturated carbocycles. The Bertz CT molecular complexity index is 580. The Hall–Kier alpha value is -1.22. The molecule has 1 rings (SSSR count). The summed E-state index contributed by atoms with van der Waals surface area (Å²) in [6.07, 6.45) is 0.441. The van der Waals surface area contributed by atoms with Crippen LogP contribution >= 0.6 is 35.6 Å². The maximum Gasteiger partial charge on any atom is 0.224 e. The summed E-state index contributed by atoms with van der Waals surface area (Å²) >= 11 is 5.98. The minimum Gasteiger partial charge on any atom is -0.496 e. The van der Waals surface area contributed by atoms with Crippen molar-refractivity contribution in [2.75, 3.05) is 33.3 Å². The van der Waals surface area contributed by atoms with Crippen LogP contribution in [0.3, 0.4) is 0 Å². The Morgan fingerprint density at radius 1 is 1.23 bits per heavy atom. The molecule has 6 nitrogen and oxygen atoms in total. The van der Waals surface area contributed by atoms with Gasteiger partial charge in [-0.2, -0.15) is 0 Å². The van der Waals surface area contributed by atoms with Crippen LogP contribution in [0.1, 0.15) is 32.8 Å². The molecule has 0 heterocycles. The number of hydrogen-bond acceptors (Lipinski definition) is 3. The molecule has 1 aromatic carbocycles. The van der Waals surface area contributed by atoms with Gasteiger partial charge in [-0.3, -0.25) is 4.79 Å². The van der Waals surface area contributed by atoms with E-state index in [2.05, 4.69) is 15.6 Å². The first-order valence-corrected chi connectivity index (χ1v) is 9.05. The van der Waals surface area contributed by atoms with Crippen LogP contribution in [0.2, 0.25) is 5.02 Å². The normalized spacial score (nSPS) is 10.7. The van der Waals surface area contributed by atoms with E-state index < -0.39 is 0 Å². The summed E-state index contributed by atoms with van der Waals surface area (Å²) in [5.41, 5.74) is 0.948. The Morgan fingerprint density at radius 2 is 1.92 bits per heavy atom. The third-order valence-electron chi connectivity index (χ3n) is 3.75. The zero-order valence-corrected chi connectivity index (χ0v) is 19.1. The Kier molecular flexibility index (Phi) is 13.3. The number of hydrogen-bond donors (Lipinski definition) is 2. The Morgan fingerprint density at radius 3 is 2.50 bits per heavy atom. The van der Waals surface area contributed by atoms with Gasteiger partial charge in [0.05, 0.1) is 13.7 Å². The highest BCUT2D eigenvalue weighted by Crippen LogP contribution is 2.23. The van der Waals surface area contributed by atoms with Crippen LogP contribution in [-0.4, -0.2) is 50.1 Å². The summed E-state index contributed by atoms with van der Waals surface area (Å²) in [5, 5.41) is 7.01. The number of methoxy groups -OCH3 is 1. The lowest BCUT2D eigenvalue weighted by atomic mass is 10.2. The first-order valence-electron chi connectivity index (χ1n) is 8.67. The molecular weight excluding hydrogens is 467 g/mol. The fraction of sp³-hybridized carbons (Fsp3) is 0.556. The molecule has 2 N–H and O–H groups in total. The van der Waals surface area contributed by atoms with E-state index in [-0.39, 0.29) is 29.9 Å². The van der Waals surface area contributed by atoms with E-state index in [0.29, 0.717) is 36.2 Å². The van der Waals surface area contributed by atoms with Crippen molar-refractivity contribution in [2.45, 2.75) is 33.7 Å². The SMILES string of the molecule is CCNC(=NCc1ccc(Cl)cc1OC)NCCC(=O)N(CC)CC.I. The molecule has 1 amide bonds. The summed E-state index contributed by atoms with van der Waals surface area (Å²) < 4.78 is 5.34. The number of nitrogens with one attached hydrogen (secondary N) is 2. The van der Waals surface area contributed by atoms with Crippen molar-refractivity contribution < 1.29 is 9.53 Å². The van der Waals surface area contributed by atoms with Crippen LogP contribution < -0.4 is 15.4 Å². The van der Waals surface area contributed by atoms with Crippen molar-refractivity contribution in [2.24, 2.45) is 4.99 Å². The van der Waals surface area contributed by atoms with Crippen LogP contribution in [0.5, 0.6) is 5.75 Å². The van der Waals surface area contributed by atoms with E-state index in [4.69, 9.17) is 16.3 Å². The molecule has 1 aromatic rings. The summed E-state index contributed by atoms with van der Waals surface area (Å²) in [7, 11) is 1.61. The van der Waals surface area contributed by atoms with Gasteiger partial charge in [0.2, 0.25) is 5.91 Å². The van der Waals surface area contributed by atoms with Crippen molar-refractivity contribution in [3.8, 4) is 5.75 Å². The summed E-state index contributed by atoms with van der Waals surface area (Å²) in [6, 6.07) is 5.49. The van der Waals surface area contributed by atoms with Crippen LogP contribution in [0.4, 0.5) is 0 Å². The van der Waals surface area contributed by atoms with Gasteiger partial charge in [0.25, 0.3) is 0 Å². The van der Waals surface area contributed by atoms with E-state index in [1.54, 1.807) is 13.2 Å². The third-order valence-corrected chi connectivity index (χ3v) is 3.98. The summed E-state index contributed by atoms with van der Waals surface area (Å²) in [4.78, 5) is 18.4. The number of carbonyl (C=O) groups excluding carboxylic acids is 1. The summed E-state index contributed by atoms with van der Waals surface area (Å²) in [6.45, 7) is 9.19. The van der Waals surface area contributed by atoms with E-state index in [1.807, 2.05) is 37.8 Å². The molecule has 148 valence electrons. The fourth-order valence-electron chi connectivity index (χ4n) is 2.38. The minimum absolute atomic E-state index is 0. The number of aliphatic imine (C=N–C) groups is 1. The van der Waals surface area contributed by atoms with Gasteiger partial charge >= 0.3 is 0 Å². The van der Waals surface area contributed by atoms with Gasteiger partial charge in [0, 0.05) is 43.2 Å². The molecule has 0 atom stereocenters. The zero-order chi connectivity index (χ0) is 18.7. The number of ether oxygens (including phenoxy) is 1. The highest BCUT2D eigenvalue weighted by Gasteiger charge is 2.09. The molecule has 0 aliphatic rings. The topological polar surface area (TPSA) is 66.0 Å². The predicted octanol–water partition coefficient (Wildman–Crippen LogP) is 3.28. The lowest BCUT2D eigenvalue weighted by molar-refractivity contribution is -0.130. The number of amides is 1. The van der Waals surface area contributed by atoms with E-state index in [0.717, 1.165) is 25.2 Å². The van der Waals surface area contributed by atoms with E-state index >= 15 is 0 Å². The van der Waals surface area contributed by atoms with Crippen molar-refractivity contribution in [3.05, 3.63) is 28.8 Å². The quantitative estimate of drug-likeness (QED) is 0.313. The highest BCUT2D eigenvalue weighted by atomic mass is 127. The summed E-state index contributed by atoms with van der Waals surface area (Å²) in [5.74, 6) is 1.53. The molecule has 0 radical (unpaired) electrons. The Labute approximate surface area is 178 Å². The smallest absolute Gasteiger partial charge is 0.224 e. The molecule has 26 heavy (non-hydrogen) atoms. The molecule has 8 heteroatoms. The monoisotopic (exact) mass is 496 g/mol. The largest absolute Gasteiger partial charge is 0.496 e. The number of guanidine groups is 1. The molecule has 0 spiro atoms. The highest BCUT2D eigenvalue weighted by molar-refractivity contribution is 14.0. The number of rotatable bonds is 9. The van der Waals surface area contributed by atoms with Crippen LogP contribution in [0.25, 0.3) is 0 Å². The van der Waals surface area contributed by atoms with Crippen LogP contribution in [-0.2, 0) is 11.3 Å². The van der Waals surface area contributed by atoms with Crippen molar-refractivity contribution in [1.82, 2.24) is 15.5 Å². The van der Waals surface area contributed by atoms with Gasteiger partial charge in [-0.15, -0.1) is 24.0 Å². The van der Waals surface area contributed by atoms with Crippen molar-refractivity contribution >= 4 is 47.4 Å². The van der Waals surface area contributed by atoms with E-state index in [1.165, 1.54) is 0 Å². The van der Waals surface area contributed by atoms with Crippen molar-refractivity contribution in [1.29, 1.82) is 0 Å². The van der Waals surface area contributed by atoms with Crippen LogP contribution in [0, 0.1) is 0 Å². The molecule has 0 aliphatic heterocycles. The molecule has 0 fully saturated rings. The van der Waals surface area contributed by atoms with Gasteiger partial charge in [-0.05, 0) is 32.9 Å². The number of nitrogens with zero attached hydrogens (tertiary/aromatic N) is 2. The van der Waals surface area contributed by atoms with Gasteiger partial charge in [-0.1, -0.05) is 17.7 Å². The average molecular weight is 497 g/mol. The third kappa shape index (κ3) is 8.44. The van der Waals surface area contributed by atoms with Gasteiger partial charge in [-0.25, -0.2) is 4.99 Å². The predicted molar refractivity (Wildman–Crippen MR) is 119 cm³/mol. The van der Waals surface area contributed by atoms with Gasteiger partial charge in [0.15, 0.2) is 5.96 Å². The fourth-order valence-corrected chi connectivity index (χ4v) is 2.54. The maximum absolute atomic E-state index is 12.0. The van der Waals surface area contributed by atoms with Crippen molar-refractivity contribution in [3.63, 3.8) is 0 Å².